The van der Waals surface area contributed by atoms with E-state index in [9.17, 15) is 4.79 Å². The number of carbonyl (C=O) groups excluding carboxylic acids is 1. The van der Waals surface area contributed by atoms with Crippen LogP contribution in [0.3, 0.4) is 0 Å². The number of rotatable bonds is 1. The van der Waals surface area contributed by atoms with Crippen molar-refractivity contribution in [3.8, 4) is 0 Å². The first kappa shape index (κ1) is 12.4. The highest BCUT2D eigenvalue weighted by molar-refractivity contribution is 5.94. The molecule has 0 N–H and O–H groups in total. The minimum atomic E-state index is 0.326. The van der Waals surface area contributed by atoms with Crippen molar-refractivity contribution < 1.29 is 4.79 Å². The van der Waals surface area contributed by atoms with Crippen molar-refractivity contribution in [3.05, 3.63) is 11.1 Å². The largest absolute Gasteiger partial charge is 0.295 e. The molecule has 4 atom stereocenters. The van der Waals surface area contributed by atoms with Gasteiger partial charge in [0.1, 0.15) is 0 Å². The third kappa shape index (κ3) is 1.26. The van der Waals surface area contributed by atoms with Gasteiger partial charge in [-0.3, -0.25) is 4.79 Å². The number of ketones is 1. The van der Waals surface area contributed by atoms with Crippen LogP contribution in [0.5, 0.6) is 0 Å². The van der Waals surface area contributed by atoms with E-state index in [1.165, 1.54) is 30.4 Å². The number of hydrogen-bond donors (Lipinski definition) is 0. The Hall–Kier alpha value is -0.590. The summed E-state index contributed by atoms with van der Waals surface area (Å²) in [5.74, 6) is 2.61. The van der Waals surface area contributed by atoms with Gasteiger partial charge in [0, 0.05) is 0 Å². The van der Waals surface area contributed by atoms with Crippen molar-refractivity contribution in [1.82, 2.24) is 0 Å². The van der Waals surface area contributed by atoms with Gasteiger partial charge in [-0.1, -0.05) is 26.3 Å². The molecule has 0 aromatic rings. The van der Waals surface area contributed by atoms with E-state index in [0.29, 0.717) is 22.5 Å². The fourth-order valence-corrected chi connectivity index (χ4v) is 5.84. The van der Waals surface area contributed by atoms with Crippen LogP contribution < -0.4 is 0 Å². The molecule has 0 saturated heterocycles. The Morgan fingerprint density at radius 2 is 1.94 bits per heavy atom. The molecule has 0 aromatic carbocycles. The summed E-state index contributed by atoms with van der Waals surface area (Å²) in [7, 11) is 0. The van der Waals surface area contributed by atoms with Crippen molar-refractivity contribution in [2.24, 2.45) is 28.6 Å². The lowest BCUT2D eigenvalue weighted by Crippen LogP contribution is -2.32. The topological polar surface area (TPSA) is 17.1 Å². The zero-order valence-electron chi connectivity index (χ0n) is 12.5. The van der Waals surface area contributed by atoms with Crippen molar-refractivity contribution in [3.63, 3.8) is 0 Å². The predicted octanol–water partition coefficient (Wildman–Crippen LogP) is 4.37. The molecule has 2 fully saturated rings. The Labute approximate surface area is 111 Å². The van der Waals surface area contributed by atoms with Gasteiger partial charge in [0.2, 0.25) is 0 Å². The monoisotopic (exact) mass is 246 g/mol. The van der Waals surface area contributed by atoms with Gasteiger partial charge in [0.25, 0.3) is 0 Å². The molecule has 0 aromatic heterocycles. The summed E-state index contributed by atoms with van der Waals surface area (Å²) < 4.78 is 0. The molecule has 100 valence electrons. The first-order chi connectivity index (χ1) is 8.30. The summed E-state index contributed by atoms with van der Waals surface area (Å²) in [4.78, 5) is 12.0. The molecule has 3 aliphatic carbocycles. The Morgan fingerprint density at radius 1 is 1.28 bits per heavy atom. The van der Waals surface area contributed by atoms with Gasteiger partial charge in [-0.25, -0.2) is 0 Å². The summed E-state index contributed by atoms with van der Waals surface area (Å²) in [6.07, 6.45) is 5.16. The zero-order valence-corrected chi connectivity index (χ0v) is 12.5. The summed E-state index contributed by atoms with van der Waals surface area (Å²) >= 11 is 0. The normalized spacial score (nSPS) is 45.3. The van der Waals surface area contributed by atoms with Crippen LogP contribution in [0.15, 0.2) is 11.1 Å². The minimum absolute atomic E-state index is 0.326. The number of allylic oxidation sites excluding steroid dienone is 2. The lowest BCUT2D eigenvalue weighted by Gasteiger charge is -2.38. The second-order valence-electron chi connectivity index (χ2n) is 7.74. The van der Waals surface area contributed by atoms with Gasteiger partial charge >= 0.3 is 0 Å². The lowest BCUT2D eigenvalue weighted by molar-refractivity contribution is -0.114. The molecule has 0 heterocycles. The first-order valence-corrected chi connectivity index (χ1v) is 7.51. The van der Waals surface area contributed by atoms with Crippen molar-refractivity contribution in [1.29, 1.82) is 0 Å². The van der Waals surface area contributed by atoms with E-state index < -0.39 is 0 Å². The molecular weight excluding hydrogens is 220 g/mol. The summed E-state index contributed by atoms with van der Waals surface area (Å²) in [5, 5.41) is 0. The average molecular weight is 246 g/mol. The standard InChI is InChI=1S/C17H26O/c1-10-6-7-15-16(4,5)14-9-17(10,15)8-13(11(14)2)12(3)18/h10,14-15H,6-9H2,1-5H3/t10-,14?,15?,17+/m0/s1. The van der Waals surface area contributed by atoms with Crippen LogP contribution in [-0.4, -0.2) is 5.78 Å². The Kier molecular flexibility index (Phi) is 2.41. The number of fused-ring (bicyclic) bond motifs is 1. The molecule has 2 saturated carbocycles. The molecule has 1 nitrogen and oxygen atoms in total. The highest BCUT2D eigenvalue weighted by Gasteiger charge is 2.64. The zero-order chi connectivity index (χ0) is 13.3. The van der Waals surface area contributed by atoms with Gasteiger partial charge in [0.05, 0.1) is 0 Å². The number of Topliss-reactive ketones (excluding diaryl/α,β-unsaturated/α-hetero) is 1. The molecule has 1 heteroatoms. The van der Waals surface area contributed by atoms with Crippen molar-refractivity contribution >= 4 is 5.78 Å². The molecule has 0 aliphatic heterocycles. The fourth-order valence-electron chi connectivity index (χ4n) is 5.84. The minimum Gasteiger partial charge on any atom is -0.295 e. The number of hydrogen-bond acceptors (Lipinski definition) is 1. The van der Waals surface area contributed by atoms with Crippen LogP contribution in [0.1, 0.15) is 60.3 Å². The van der Waals surface area contributed by atoms with Crippen LogP contribution >= 0.6 is 0 Å². The van der Waals surface area contributed by atoms with Gasteiger partial charge < -0.3 is 0 Å². The predicted molar refractivity (Wildman–Crippen MR) is 74.2 cm³/mol. The number of carbonyl (C=O) groups is 1. The molecule has 2 unspecified atom stereocenters. The average Bonchev–Trinajstić information content (AvgIpc) is 2.68. The van der Waals surface area contributed by atoms with E-state index in [1.54, 1.807) is 6.92 Å². The molecule has 3 rings (SSSR count). The molecule has 3 aliphatic rings. The Balaban J connectivity index is 2.15. The van der Waals surface area contributed by atoms with Gasteiger partial charge in [-0.2, -0.15) is 0 Å². The Morgan fingerprint density at radius 3 is 2.56 bits per heavy atom. The summed E-state index contributed by atoms with van der Waals surface area (Å²) in [5.41, 5.74) is 3.44. The smallest absolute Gasteiger partial charge is 0.155 e. The molecular formula is C17H26O. The third-order valence-corrected chi connectivity index (χ3v) is 6.87. The van der Waals surface area contributed by atoms with Gasteiger partial charge in [-0.15, -0.1) is 0 Å². The summed E-state index contributed by atoms with van der Waals surface area (Å²) in [6.45, 7) is 11.3. The summed E-state index contributed by atoms with van der Waals surface area (Å²) in [6, 6.07) is 0. The van der Waals surface area contributed by atoms with Crippen molar-refractivity contribution in [2.45, 2.75) is 60.3 Å². The van der Waals surface area contributed by atoms with Crippen LogP contribution in [-0.2, 0) is 4.79 Å². The maximum atomic E-state index is 12.0. The van der Waals surface area contributed by atoms with E-state index in [-0.39, 0.29) is 0 Å². The third-order valence-electron chi connectivity index (χ3n) is 6.87. The highest BCUT2D eigenvalue weighted by Crippen LogP contribution is 2.72. The fraction of sp³-hybridized carbons (Fsp3) is 0.824. The Bertz CT molecular complexity index is 443. The van der Waals surface area contributed by atoms with Crippen molar-refractivity contribution in [2.75, 3.05) is 0 Å². The maximum absolute atomic E-state index is 12.0. The SMILES string of the molecule is CC(=O)C1=C(C)C2C[C@@]3(C1)C(CC[C@@H]3C)C2(C)C. The maximum Gasteiger partial charge on any atom is 0.155 e. The van der Waals surface area contributed by atoms with Gasteiger partial charge in [0.15, 0.2) is 5.78 Å². The molecule has 0 radical (unpaired) electrons. The van der Waals surface area contributed by atoms with E-state index in [1.807, 2.05) is 0 Å². The first-order valence-electron chi connectivity index (χ1n) is 7.51. The second kappa shape index (κ2) is 3.49. The van der Waals surface area contributed by atoms with Crippen LogP contribution in [0.4, 0.5) is 0 Å². The molecule has 18 heavy (non-hydrogen) atoms. The van der Waals surface area contributed by atoms with Crippen LogP contribution in [0, 0.1) is 28.6 Å². The van der Waals surface area contributed by atoms with E-state index >= 15 is 0 Å². The van der Waals surface area contributed by atoms with E-state index in [4.69, 9.17) is 0 Å². The van der Waals surface area contributed by atoms with Crippen LogP contribution in [0.2, 0.25) is 0 Å². The molecule has 2 bridgehead atoms. The molecule has 1 spiro atoms. The lowest BCUT2D eigenvalue weighted by atomic mass is 9.65. The quantitative estimate of drug-likeness (QED) is 0.671. The van der Waals surface area contributed by atoms with Crippen LogP contribution in [0.25, 0.3) is 0 Å². The van der Waals surface area contributed by atoms with Gasteiger partial charge in [-0.05, 0) is 73.7 Å². The van der Waals surface area contributed by atoms with E-state index in [0.717, 1.165) is 18.3 Å². The van der Waals surface area contributed by atoms with E-state index in [2.05, 4.69) is 27.7 Å². The second-order valence-corrected chi connectivity index (χ2v) is 7.74. The molecule has 0 amide bonds. The highest BCUT2D eigenvalue weighted by atomic mass is 16.1.